The number of amides is 2. The average molecular weight is 609 g/mol. The van der Waals surface area contributed by atoms with Crippen LogP contribution in [-0.2, 0) is 59.0 Å². The van der Waals surface area contributed by atoms with Gasteiger partial charge in [0.25, 0.3) is 0 Å². The fourth-order valence-electron chi connectivity index (χ4n) is 4.30. The summed E-state index contributed by atoms with van der Waals surface area (Å²) in [7, 11) is 0. The number of ether oxygens (including phenoxy) is 6. The zero-order valence-corrected chi connectivity index (χ0v) is 24.8. The molecular formula is C29H40N2O12. The second-order valence-corrected chi connectivity index (χ2v) is 9.84. The summed E-state index contributed by atoms with van der Waals surface area (Å²) in [4.78, 5) is 71.7. The van der Waals surface area contributed by atoms with Gasteiger partial charge >= 0.3 is 30.0 Å². The fourth-order valence-corrected chi connectivity index (χ4v) is 4.30. The predicted molar refractivity (Wildman–Crippen MR) is 148 cm³/mol. The quantitative estimate of drug-likeness (QED) is 0.168. The lowest BCUT2D eigenvalue weighted by Crippen LogP contribution is -2.66. The summed E-state index contributed by atoms with van der Waals surface area (Å²) < 4.78 is 32.0. The summed E-state index contributed by atoms with van der Waals surface area (Å²) in [6.07, 6.45) is -4.28. The average Bonchev–Trinajstić information content (AvgIpc) is 2.93. The summed E-state index contributed by atoms with van der Waals surface area (Å²) >= 11 is 0. The molecule has 2 rings (SSSR count). The first-order chi connectivity index (χ1) is 20.5. The molecule has 1 heterocycles. The van der Waals surface area contributed by atoms with Crippen molar-refractivity contribution in [2.75, 3.05) is 13.2 Å². The maximum Gasteiger partial charge on any atom is 0.407 e. The molecular weight excluding hydrogens is 568 g/mol. The van der Waals surface area contributed by atoms with Gasteiger partial charge in [0.05, 0.1) is 0 Å². The third-order valence-corrected chi connectivity index (χ3v) is 6.11. The van der Waals surface area contributed by atoms with Crippen LogP contribution < -0.4 is 10.6 Å². The van der Waals surface area contributed by atoms with E-state index in [1.807, 2.05) is 30.3 Å². The van der Waals surface area contributed by atoms with Crippen molar-refractivity contribution >= 4 is 35.9 Å². The Labute approximate surface area is 250 Å². The molecule has 0 unspecified atom stereocenters. The second kappa shape index (κ2) is 18.4. The van der Waals surface area contributed by atoms with Crippen LogP contribution in [0.25, 0.3) is 0 Å². The van der Waals surface area contributed by atoms with E-state index in [0.29, 0.717) is 25.8 Å². The molecule has 1 aliphatic rings. The van der Waals surface area contributed by atoms with Gasteiger partial charge in [0.15, 0.2) is 24.5 Å². The van der Waals surface area contributed by atoms with Crippen LogP contribution in [0, 0.1) is 0 Å². The third kappa shape index (κ3) is 13.5. The largest absolute Gasteiger partial charge is 0.463 e. The molecule has 1 aromatic carbocycles. The molecule has 14 heteroatoms. The zero-order chi connectivity index (χ0) is 31.8. The Morgan fingerprint density at radius 3 is 1.95 bits per heavy atom. The Morgan fingerprint density at radius 2 is 1.33 bits per heavy atom. The first-order valence-corrected chi connectivity index (χ1v) is 14.0. The van der Waals surface area contributed by atoms with Crippen LogP contribution in [0.15, 0.2) is 30.3 Å². The van der Waals surface area contributed by atoms with Gasteiger partial charge in [0, 0.05) is 40.7 Å². The number of esters is 4. The molecule has 1 aromatic rings. The molecule has 1 saturated heterocycles. The van der Waals surface area contributed by atoms with Crippen LogP contribution in [0.3, 0.4) is 0 Å². The molecule has 0 saturated carbocycles. The monoisotopic (exact) mass is 608 g/mol. The van der Waals surface area contributed by atoms with Crippen LogP contribution in [0.5, 0.6) is 0 Å². The summed E-state index contributed by atoms with van der Waals surface area (Å²) in [6, 6.07) is 9.32. The number of carbonyl (C=O) groups excluding carboxylic acids is 6. The summed E-state index contributed by atoms with van der Waals surface area (Å²) in [5, 5.41) is 5.31. The first kappa shape index (κ1) is 35.0. The summed E-state index contributed by atoms with van der Waals surface area (Å²) in [5.74, 6) is -3.36. The highest BCUT2D eigenvalue weighted by Gasteiger charge is 2.52. The molecule has 238 valence electrons. The number of hydrogen-bond acceptors (Lipinski definition) is 12. The summed E-state index contributed by atoms with van der Waals surface area (Å²) in [6.45, 7) is 4.73. The predicted octanol–water partition coefficient (Wildman–Crippen LogP) is 2.06. The lowest BCUT2D eigenvalue weighted by atomic mass is 9.97. The molecule has 2 amide bonds. The van der Waals surface area contributed by atoms with E-state index in [1.165, 1.54) is 6.92 Å². The van der Waals surface area contributed by atoms with Gasteiger partial charge in [0.2, 0.25) is 5.91 Å². The van der Waals surface area contributed by atoms with Gasteiger partial charge in [-0.25, -0.2) is 4.79 Å². The van der Waals surface area contributed by atoms with E-state index >= 15 is 0 Å². The van der Waals surface area contributed by atoms with E-state index in [4.69, 9.17) is 28.4 Å². The van der Waals surface area contributed by atoms with Crippen molar-refractivity contribution in [3.05, 3.63) is 35.9 Å². The van der Waals surface area contributed by atoms with Crippen LogP contribution in [0.2, 0.25) is 0 Å². The number of alkyl carbamates (subject to hydrolysis) is 1. The Kier molecular flexibility index (Phi) is 14.9. The van der Waals surface area contributed by atoms with E-state index < -0.39 is 73.1 Å². The van der Waals surface area contributed by atoms with Crippen LogP contribution in [0.1, 0.15) is 65.4 Å². The molecule has 1 aliphatic heterocycles. The van der Waals surface area contributed by atoms with Crippen LogP contribution in [0.4, 0.5) is 4.79 Å². The lowest BCUT2D eigenvalue weighted by Gasteiger charge is -2.44. The SMILES string of the molecule is CC(=O)OC[C@H]1O[C@@H](NC(=O)CCCCCCNC(=O)OCc2ccccc2)[C@H](OC(C)=O)[C@@H](OC(C)=O)[C@@H]1OC(C)=O. The van der Waals surface area contributed by atoms with Gasteiger partial charge in [-0.15, -0.1) is 0 Å². The minimum atomic E-state index is -1.36. The molecule has 5 atom stereocenters. The van der Waals surface area contributed by atoms with E-state index in [2.05, 4.69) is 10.6 Å². The third-order valence-electron chi connectivity index (χ3n) is 6.11. The smallest absolute Gasteiger partial charge is 0.407 e. The van der Waals surface area contributed by atoms with Crippen molar-refractivity contribution in [1.29, 1.82) is 0 Å². The number of benzene rings is 1. The van der Waals surface area contributed by atoms with Gasteiger partial charge < -0.3 is 39.1 Å². The maximum atomic E-state index is 12.8. The minimum absolute atomic E-state index is 0.0966. The Morgan fingerprint density at radius 1 is 0.721 bits per heavy atom. The molecule has 2 N–H and O–H groups in total. The topological polar surface area (TPSA) is 182 Å². The first-order valence-electron chi connectivity index (χ1n) is 14.0. The van der Waals surface area contributed by atoms with Crippen molar-refractivity contribution < 1.29 is 57.2 Å². The lowest BCUT2D eigenvalue weighted by molar-refractivity contribution is -0.257. The molecule has 14 nitrogen and oxygen atoms in total. The molecule has 0 bridgehead atoms. The normalized spacial score (nSPS) is 21.1. The van der Waals surface area contributed by atoms with E-state index in [-0.39, 0.29) is 13.0 Å². The van der Waals surface area contributed by atoms with Crippen molar-refractivity contribution in [3.63, 3.8) is 0 Å². The highest BCUT2D eigenvalue weighted by molar-refractivity contribution is 5.76. The molecule has 0 aliphatic carbocycles. The molecule has 43 heavy (non-hydrogen) atoms. The maximum absolute atomic E-state index is 12.8. The standard InChI is InChI=1S/C29H40N2O12/c1-18(32)38-17-23-25(40-19(2)33)26(41-20(3)34)27(42-21(4)35)28(43-23)31-24(36)14-10-5-6-11-15-30-29(37)39-16-22-12-8-7-9-13-22/h7-9,12-13,23,25-28H,5-6,10-11,14-17H2,1-4H3,(H,30,37)(H,31,36)/t23-,25-,26+,27-,28-/m1/s1. The Hall–Kier alpha value is -4.20. The Balaban J connectivity index is 1.88. The van der Waals surface area contributed by atoms with Crippen LogP contribution in [-0.4, -0.2) is 79.7 Å². The van der Waals surface area contributed by atoms with Crippen molar-refractivity contribution in [3.8, 4) is 0 Å². The fraction of sp³-hybridized carbons (Fsp3) is 0.586. The molecule has 1 fully saturated rings. The van der Waals surface area contributed by atoms with E-state index in [0.717, 1.165) is 32.8 Å². The Bertz CT molecular complexity index is 1100. The van der Waals surface area contributed by atoms with E-state index in [1.54, 1.807) is 0 Å². The van der Waals surface area contributed by atoms with Gasteiger partial charge in [-0.3, -0.25) is 24.0 Å². The van der Waals surface area contributed by atoms with Crippen molar-refractivity contribution in [2.45, 2.75) is 97.0 Å². The second-order valence-electron chi connectivity index (χ2n) is 9.84. The minimum Gasteiger partial charge on any atom is -0.463 e. The summed E-state index contributed by atoms with van der Waals surface area (Å²) in [5.41, 5.74) is 0.889. The molecule has 0 radical (unpaired) electrons. The number of carbonyl (C=O) groups is 6. The number of hydrogen-bond donors (Lipinski definition) is 2. The molecule has 0 spiro atoms. The number of unbranched alkanes of at least 4 members (excludes halogenated alkanes) is 3. The highest BCUT2D eigenvalue weighted by atomic mass is 16.7. The number of rotatable bonds is 15. The van der Waals surface area contributed by atoms with Gasteiger partial charge in [-0.05, 0) is 18.4 Å². The zero-order valence-electron chi connectivity index (χ0n) is 24.8. The van der Waals surface area contributed by atoms with E-state index in [9.17, 15) is 28.8 Å². The van der Waals surface area contributed by atoms with Gasteiger partial charge in [-0.2, -0.15) is 0 Å². The highest BCUT2D eigenvalue weighted by Crippen LogP contribution is 2.28. The van der Waals surface area contributed by atoms with Crippen molar-refractivity contribution in [1.82, 2.24) is 10.6 Å². The van der Waals surface area contributed by atoms with Crippen LogP contribution >= 0.6 is 0 Å². The molecule has 0 aromatic heterocycles. The number of nitrogens with one attached hydrogen (secondary N) is 2. The van der Waals surface area contributed by atoms with Gasteiger partial charge in [-0.1, -0.05) is 43.2 Å². The van der Waals surface area contributed by atoms with Crippen molar-refractivity contribution in [2.24, 2.45) is 0 Å². The van der Waals surface area contributed by atoms with Gasteiger partial charge in [0.1, 0.15) is 19.3 Å².